The molecule has 5 rings (SSSR count). The fraction of sp³-hybridized carbons (Fsp3) is 0.118. The van der Waals surface area contributed by atoms with Crippen molar-refractivity contribution < 1.29 is 0 Å². The molecule has 0 radical (unpaired) electrons. The van der Waals surface area contributed by atoms with Gasteiger partial charge in [0.05, 0.1) is 10.5 Å². The fourth-order valence-corrected chi connectivity index (χ4v) is 6.49. The first kappa shape index (κ1) is 14.6. The molecule has 0 saturated heterocycles. The highest BCUT2D eigenvalue weighted by Crippen LogP contribution is 2.57. The molecule has 0 aliphatic carbocycles. The number of nitrogens with zero attached hydrogens (tertiary/aromatic N) is 3. The zero-order valence-electron chi connectivity index (χ0n) is 12.5. The van der Waals surface area contributed by atoms with Gasteiger partial charge in [0.2, 0.25) is 0 Å². The molecule has 4 nitrogen and oxygen atoms in total. The fourth-order valence-electron chi connectivity index (χ4n) is 2.76. The SMILES string of the molecule is c1ncnc(-c2ccc3c(c2)SC(c2ccc4c(c2)SCN4)S3)n1. The molecule has 118 valence electrons. The van der Waals surface area contributed by atoms with Crippen molar-refractivity contribution in [3.05, 3.63) is 54.6 Å². The second-order valence-corrected chi connectivity index (χ2v) is 9.02. The third-order valence-corrected chi connectivity index (χ3v) is 7.75. The van der Waals surface area contributed by atoms with E-state index in [2.05, 4.69) is 56.7 Å². The predicted octanol–water partition coefficient (Wildman–Crippen LogP) is 4.91. The number of anilines is 1. The Morgan fingerprint density at radius 2 is 1.79 bits per heavy atom. The number of nitrogens with one attached hydrogen (secondary N) is 1. The van der Waals surface area contributed by atoms with Gasteiger partial charge in [0.1, 0.15) is 12.7 Å². The van der Waals surface area contributed by atoms with Crippen LogP contribution >= 0.6 is 35.3 Å². The van der Waals surface area contributed by atoms with Crippen LogP contribution in [-0.2, 0) is 0 Å². The van der Waals surface area contributed by atoms with Crippen LogP contribution in [0.15, 0.2) is 63.7 Å². The van der Waals surface area contributed by atoms with E-state index in [1.54, 1.807) is 0 Å². The number of thioether (sulfide) groups is 3. The summed E-state index contributed by atoms with van der Waals surface area (Å²) in [6, 6.07) is 13.2. The molecule has 3 aromatic rings. The van der Waals surface area contributed by atoms with E-state index >= 15 is 0 Å². The lowest BCUT2D eigenvalue weighted by atomic mass is 10.2. The van der Waals surface area contributed by atoms with Crippen molar-refractivity contribution in [2.45, 2.75) is 19.3 Å². The lowest BCUT2D eigenvalue weighted by molar-refractivity contribution is 1.05. The van der Waals surface area contributed by atoms with Crippen molar-refractivity contribution >= 4 is 41.0 Å². The molecular weight excluding hydrogens is 356 g/mol. The topological polar surface area (TPSA) is 50.7 Å². The van der Waals surface area contributed by atoms with Gasteiger partial charge in [0, 0.05) is 25.9 Å². The van der Waals surface area contributed by atoms with Gasteiger partial charge in [-0.1, -0.05) is 6.07 Å². The highest BCUT2D eigenvalue weighted by molar-refractivity contribution is 8.19. The maximum absolute atomic E-state index is 4.24. The van der Waals surface area contributed by atoms with Crippen LogP contribution in [0.2, 0.25) is 0 Å². The Labute approximate surface area is 152 Å². The Morgan fingerprint density at radius 1 is 0.917 bits per heavy atom. The van der Waals surface area contributed by atoms with Crippen LogP contribution in [0.25, 0.3) is 11.4 Å². The Morgan fingerprint density at radius 3 is 2.71 bits per heavy atom. The maximum Gasteiger partial charge on any atom is 0.162 e. The Balaban J connectivity index is 1.44. The minimum Gasteiger partial charge on any atom is -0.375 e. The van der Waals surface area contributed by atoms with E-state index < -0.39 is 0 Å². The van der Waals surface area contributed by atoms with E-state index in [1.807, 2.05) is 35.3 Å². The van der Waals surface area contributed by atoms with Gasteiger partial charge in [0.15, 0.2) is 5.82 Å². The van der Waals surface area contributed by atoms with E-state index in [-0.39, 0.29) is 0 Å². The number of rotatable bonds is 2. The summed E-state index contributed by atoms with van der Waals surface area (Å²) < 4.78 is 0.403. The molecule has 0 spiro atoms. The van der Waals surface area contributed by atoms with Crippen molar-refractivity contribution in [3.63, 3.8) is 0 Å². The van der Waals surface area contributed by atoms with Gasteiger partial charge in [-0.2, -0.15) is 0 Å². The van der Waals surface area contributed by atoms with Crippen LogP contribution in [0.4, 0.5) is 5.69 Å². The smallest absolute Gasteiger partial charge is 0.162 e. The third kappa shape index (κ3) is 2.56. The second-order valence-electron chi connectivity index (χ2n) is 5.41. The number of benzene rings is 2. The van der Waals surface area contributed by atoms with Crippen molar-refractivity contribution in [2.75, 3.05) is 11.2 Å². The largest absolute Gasteiger partial charge is 0.375 e. The number of aromatic nitrogens is 3. The molecule has 0 fully saturated rings. The van der Waals surface area contributed by atoms with Gasteiger partial charge in [-0.3, -0.25) is 0 Å². The summed E-state index contributed by atoms with van der Waals surface area (Å²) in [6.45, 7) is 0. The minimum atomic E-state index is 0.403. The van der Waals surface area contributed by atoms with Gasteiger partial charge in [-0.15, -0.1) is 35.3 Å². The Kier molecular flexibility index (Phi) is 3.65. The molecule has 7 heteroatoms. The summed E-state index contributed by atoms with van der Waals surface area (Å²) in [4.78, 5) is 16.4. The predicted molar refractivity (Wildman–Crippen MR) is 101 cm³/mol. The van der Waals surface area contributed by atoms with E-state index in [4.69, 9.17) is 0 Å². The summed E-state index contributed by atoms with van der Waals surface area (Å²) in [5.41, 5.74) is 3.67. The molecule has 2 aliphatic heterocycles. The monoisotopic (exact) mass is 368 g/mol. The van der Waals surface area contributed by atoms with Gasteiger partial charge in [-0.25, -0.2) is 15.0 Å². The van der Waals surface area contributed by atoms with Crippen molar-refractivity contribution in [1.82, 2.24) is 15.0 Å². The van der Waals surface area contributed by atoms with Crippen LogP contribution < -0.4 is 5.32 Å². The molecule has 0 saturated carbocycles. The lowest BCUT2D eigenvalue weighted by Crippen LogP contribution is -1.89. The Bertz CT molecular complexity index is 917. The first-order valence-electron chi connectivity index (χ1n) is 7.47. The molecule has 3 heterocycles. The first-order chi connectivity index (χ1) is 11.9. The van der Waals surface area contributed by atoms with Crippen molar-refractivity contribution in [1.29, 1.82) is 0 Å². The minimum absolute atomic E-state index is 0.403. The summed E-state index contributed by atoms with van der Waals surface area (Å²) in [5.74, 6) is 1.70. The summed E-state index contributed by atoms with van der Waals surface area (Å²) in [7, 11) is 0. The Hall–Kier alpha value is -1.70. The quantitative estimate of drug-likeness (QED) is 0.689. The van der Waals surface area contributed by atoms with Gasteiger partial charge in [0.25, 0.3) is 0 Å². The molecule has 1 N–H and O–H groups in total. The molecule has 0 bridgehead atoms. The van der Waals surface area contributed by atoms with Crippen molar-refractivity contribution in [3.8, 4) is 11.4 Å². The standard InChI is InChI=1S/C17H12N4S3/c1-3-12-14(22-9-21-12)6-11(1)17-23-13-4-2-10(5-15(13)24-17)16-19-7-18-8-20-16/h1-8,17,21H,9H2. The van der Waals surface area contributed by atoms with Crippen LogP contribution in [0, 0.1) is 0 Å². The lowest BCUT2D eigenvalue weighted by Gasteiger charge is -2.09. The number of fused-ring (bicyclic) bond motifs is 2. The van der Waals surface area contributed by atoms with E-state index in [0.29, 0.717) is 4.58 Å². The molecule has 0 amide bonds. The number of hydrogen-bond acceptors (Lipinski definition) is 7. The summed E-state index contributed by atoms with van der Waals surface area (Å²) >= 11 is 5.70. The molecule has 2 aliphatic rings. The first-order valence-corrected chi connectivity index (χ1v) is 10.2. The van der Waals surface area contributed by atoms with Crippen LogP contribution in [0.1, 0.15) is 10.1 Å². The zero-order valence-corrected chi connectivity index (χ0v) is 14.9. The van der Waals surface area contributed by atoms with Crippen LogP contribution in [-0.4, -0.2) is 20.8 Å². The molecule has 2 aromatic carbocycles. The van der Waals surface area contributed by atoms with E-state index in [0.717, 1.165) is 17.3 Å². The highest BCUT2D eigenvalue weighted by Gasteiger charge is 2.26. The molecule has 1 atom stereocenters. The second kappa shape index (κ2) is 5.98. The maximum atomic E-state index is 4.24. The van der Waals surface area contributed by atoms with Gasteiger partial charge >= 0.3 is 0 Å². The summed E-state index contributed by atoms with van der Waals surface area (Å²) in [6.07, 6.45) is 3.08. The van der Waals surface area contributed by atoms with Gasteiger partial charge < -0.3 is 5.32 Å². The highest BCUT2D eigenvalue weighted by atomic mass is 32.2. The zero-order chi connectivity index (χ0) is 15.9. The van der Waals surface area contributed by atoms with E-state index in [1.165, 1.54) is 38.6 Å². The summed E-state index contributed by atoms with van der Waals surface area (Å²) in [5, 5.41) is 3.39. The average molecular weight is 369 g/mol. The molecular formula is C17H12N4S3. The normalized spacial score (nSPS) is 18.1. The molecule has 1 unspecified atom stereocenters. The number of hydrogen-bond donors (Lipinski definition) is 1. The van der Waals surface area contributed by atoms with Crippen LogP contribution in [0.3, 0.4) is 0 Å². The van der Waals surface area contributed by atoms with Crippen LogP contribution in [0.5, 0.6) is 0 Å². The van der Waals surface area contributed by atoms with E-state index in [9.17, 15) is 0 Å². The van der Waals surface area contributed by atoms with Gasteiger partial charge in [-0.05, 0) is 35.9 Å². The third-order valence-electron chi connectivity index (χ3n) is 3.93. The van der Waals surface area contributed by atoms with Crippen molar-refractivity contribution in [2.24, 2.45) is 0 Å². The molecule has 1 aromatic heterocycles. The molecule has 24 heavy (non-hydrogen) atoms. The average Bonchev–Trinajstić information content (AvgIpc) is 3.27.